The molecule has 0 saturated carbocycles. The molecule has 22 nitrogen and oxygen atoms in total. The molecule has 73 heavy (non-hydrogen) atoms. The van der Waals surface area contributed by atoms with E-state index in [1.165, 1.54) is 31.0 Å². The highest BCUT2D eigenvalue weighted by Gasteiger charge is 2.53. The molecule has 0 radical (unpaired) electrons. The molecule has 0 unspecified atom stereocenters. The number of carbonyl (C=O) groups is 1. The number of aliphatic hydroxyl groups excluding tert-OH is 5. The molecule has 1 aromatic carbocycles. The van der Waals surface area contributed by atoms with Crippen LogP contribution in [-0.4, -0.2) is 209 Å². The van der Waals surface area contributed by atoms with Crippen molar-refractivity contribution in [3.05, 3.63) is 51.6 Å². The van der Waals surface area contributed by atoms with Gasteiger partial charge in [0.15, 0.2) is 12.6 Å². The first-order valence-corrected chi connectivity index (χ1v) is 25.4. The first-order chi connectivity index (χ1) is 34.0. The summed E-state index contributed by atoms with van der Waals surface area (Å²) in [6.45, 7) is 17.1. The molecule has 5 rings (SSSR count). The molecule has 23 heteroatoms. The molecule has 0 aliphatic carbocycles. The molecule has 4 heterocycles. The van der Waals surface area contributed by atoms with Crippen LogP contribution in [0.25, 0.3) is 0 Å². The predicted octanol–water partition coefficient (Wildman–Crippen LogP) is 2.10. The average molecular weight is 1040 g/mol. The third kappa shape index (κ3) is 13.8. The molecule has 3 saturated heterocycles. The maximum Gasteiger partial charge on any atom is 0.311 e. The number of esters is 1. The number of likely N-dealkylation sites (N-methyl/N-ethyl adjacent to an activating group) is 2. The van der Waals surface area contributed by atoms with Gasteiger partial charge in [-0.15, -0.1) is 5.10 Å². The summed E-state index contributed by atoms with van der Waals surface area (Å²) in [5.74, 6) is -4.14. The van der Waals surface area contributed by atoms with Crippen LogP contribution in [0, 0.1) is 33.7 Å². The third-order valence-electron chi connectivity index (χ3n) is 15.7. The summed E-state index contributed by atoms with van der Waals surface area (Å²) >= 11 is 0. The van der Waals surface area contributed by atoms with Gasteiger partial charge in [0.05, 0.1) is 58.8 Å². The lowest BCUT2D eigenvalue weighted by Gasteiger charge is -2.49. The lowest BCUT2D eigenvalue weighted by atomic mass is 9.77. The molecular formula is C50H83FN6O16. The van der Waals surface area contributed by atoms with E-state index in [0.717, 1.165) is 12.1 Å². The van der Waals surface area contributed by atoms with Gasteiger partial charge in [-0.05, 0) is 105 Å². The minimum atomic E-state index is -1.88. The fourth-order valence-electron chi connectivity index (χ4n) is 11.2. The number of hydrogen-bond donors (Lipinski definition) is 7. The standard InChI is InChI=1S/C50H83FN6O16/c1-14-38-50(10,65)43(61)30(6)55(12)23-26(2)21-48(8,64)45(28(4)42(29(5)46(63)71-38)72-39-22-49(9,68-13)44(62)31(7)70-39)73-47-41(60)36(19-27(3)69-47)54(11)18-17-33-24-56(53-52-33)40(37(59)25-58)32-15-16-35(57(66)67)34(51)20-32/h15-16,20,24,26-31,36-45,47,58-62,64-65H,14,17-19,21-23,25H2,1-13H3/t26-,27-,28+,29-,30-,31+,36+,37-,38-,39+,40-,41-,42+,43-,44+,45-,47+,48-,49-,50-/m1/s1. The van der Waals surface area contributed by atoms with E-state index in [1.54, 1.807) is 62.6 Å². The van der Waals surface area contributed by atoms with Crippen molar-refractivity contribution in [3.63, 3.8) is 0 Å². The number of rotatable bonds is 15. The van der Waals surface area contributed by atoms with Crippen LogP contribution < -0.4 is 0 Å². The van der Waals surface area contributed by atoms with Crippen LogP contribution in [0.3, 0.4) is 0 Å². The Bertz CT molecular complexity index is 2120. The number of benzene rings is 1. The third-order valence-corrected chi connectivity index (χ3v) is 15.7. The number of cyclic esters (lactones) is 1. The SMILES string of the molecule is CC[C@H]1OC(=O)[C@H](C)[C@@H](O[C@H]2C[C@@](C)(OC)[C@@H](O)[C@H](C)O2)[C@H](C)[C@@H](O[C@@H]2O[C@H](C)C[C@H](N(C)CCc3cn([C@H](c4ccc([N+](=O)[O-])c(F)c4)[C@H](O)CO)nn3)[C@H]2O)[C@](C)(O)C[C@@H](C)CN(C)[C@H](C)[C@@H](O)[C@]1(C)O. The summed E-state index contributed by atoms with van der Waals surface area (Å²) in [7, 11) is 5.08. The highest BCUT2D eigenvalue weighted by atomic mass is 19.1. The van der Waals surface area contributed by atoms with E-state index in [-0.39, 0.29) is 37.2 Å². The van der Waals surface area contributed by atoms with E-state index < -0.39 is 143 Å². The second-order valence-corrected chi connectivity index (χ2v) is 21.8. The van der Waals surface area contributed by atoms with E-state index >= 15 is 0 Å². The lowest BCUT2D eigenvalue weighted by Crippen LogP contribution is -2.61. The highest BCUT2D eigenvalue weighted by Crippen LogP contribution is 2.40. The van der Waals surface area contributed by atoms with Crippen molar-refractivity contribution < 1.29 is 78.3 Å². The molecule has 7 N–H and O–H groups in total. The molecule has 3 aliphatic rings. The zero-order valence-electron chi connectivity index (χ0n) is 44.6. The number of nitrogens with zero attached hydrogens (tertiary/aromatic N) is 6. The number of aromatic nitrogens is 3. The summed E-state index contributed by atoms with van der Waals surface area (Å²) < 4.78 is 54.0. The summed E-state index contributed by atoms with van der Waals surface area (Å²) in [5, 5.41) is 99.9. The van der Waals surface area contributed by atoms with Gasteiger partial charge in [0.25, 0.3) is 0 Å². The maximum absolute atomic E-state index is 14.7. The minimum Gasteiger partial charge on any atom is -0.459 e. The summed E-state index contributed by atoms with van der Waals surface area (Å²) in [6.07, 6.45) is -9.72. The molecule has 416 valence electrons. The van der Waals surface area contributed by atoms with E-state index in [1.807, 2.05) is 23.6 Å². The van der Waals surface area contributed by atoms with Gasteiger partial charge >= 0.3 is 11.7 Å². The number of methoxy groups -OCH3 is 1. The summed E-state index contributed by atoms with van der Waals surface area (Å²) in [6, 6.07) is 0.824. The van der Waals surface area contributed by atoms with Gasteiger partial charge in [0, 0.05) is 63.3 Å². The number of halogens is 1. The smallest absolute Gasteiger partial charge is 0.311 e. The van der Waals surface area contributed by atoms with Crippen molar-refractivity contribution in [1.82, 2.24) is 24.8 Å². The second kappa shape index (κ2) is 24.7. The van der Waals surface area contributed by atoms with Crippen LogP contribution in [0.4, 0.5) is 10.1 Å². The Morgan fingerprint density at radius 1 is 1.04 bits per heavy atom. The van der Waals surface area contributed by atoms with Crippen LogP contribution in [0.1, 0.15) is 112 Å². The Balaban J connectivity index is 1.46. The lowest BCUT2D eigenvalue weighted by molar-refractivity contribution is -0.387. The van der Waals surface area contributed by atoms with Gasteiger partial charge in [-0.1, -0.05) is 26.0 Å². The Morgan fingerprint density at radius 2 is 1.71 bits per heavy atom. The minimum absolute atomic E-state index is 0.0545. The van der Waals surface area contributed by atoms with Gasteiger partial charge < -0.3 is 74.0 Å². The van der Waals surface area contributed by atoms with Crippen molar-refractivity contribution in [2.75, 3.05) is 40.9 Å². The second-order valence-electron chi connectivity index (χ2n) is 21.8. The fourth-order valence-corrected chi connectivity index (χ4v) is 11.2. The quantitative estimate of drug-likeness (QED) is 0.0764. The molecule has 0 spiro atoms. The highest BCUT2D eigenvalue weighted by molar-refractivity contribution is 5.73. The van der Waals surface area contributed by atoms with Crippen LogP contribution in [0.5, 0.6) is 0 Å². The number of nitro benzene ring substituents is 1. The van der Waals surface area contributed by atoms with Crippen molar-refractivity contribution >= 4 is 11.7 Å². The van der Waals surface area contributed by atoms with Gasteiger partial charge in [0.1, 0.15) is 42.2 Å². The van der Waals surface area contributed by atoms with Crippen LogP contribution >= 0.6 is 0 Å². The number of nitro groups is 1. The normalized spacial score (nSPS) is 39.6. The Labute approximate surface area is 427 Å². The number of ether oxygens (including phenoxy) is 6. The van der Waals surface area contributed by atoms with Crippen molar-refractivity contribution in [2.45, 2.75) is 204 Å². The molecule has 2 aromatic rings. The van der Waals surface area contributed by atoms with Gasteiger partial charge in [-0.2, -0.15) is 4.39 Å². The van der Waals surface area contributed by atoms with Crippen LogP contribution in [-0.2, 0) is 39.6 Å². The fraction of sp³-hybridized carbons (Fsp3) is 0.820. The number of carbonyl (C=O) groups excluding carboxylic acids is 1. The monoisotopic (exact) mass is 1040 g/mol. The number of aliphatic hydroxyl groups is 7. The zero-order valence-corrected chi connectivity index (χ0v) is 44.6. The molecule has 1 aromatic heterocycles. The average Bonchev–Trinajstić information content (AvgIpc) is 3.79. The van der Waals surface area contributed by atoms with E-state index in [2.05, 4.69) is 10.3 Å². The van der Waals surface area contributed by atoms with Gasteiger partial charge in [0.2, 0.25) is 5.82 Å². The van der Waals surface area contributed by atoms with Crippen molar-refractivity contribution in [1.29, 1.82) is 0 Å². The van der Waals surface area contributed by atoms with Crippen LogP contribution in [0.2, 0.25) is 0 Å². The molecule has 0 bridgehead atoms. The molecule has 0 amide bonds. The van der Waals surface area contributed by atoms with E-state index in [0.29, 0.717) is 25.2 Å². The molecule has 3 fully saturated rings. The summed E-state index contributed by atoms with van der Waals surface area (Å²) in [5.41, 5.74) is -4.88. The first kappa shape index (κ1) is 60.5. The van der Waals surface area contributed by atoms with Crippen molar-refractivity contribution in [2.24, 2.45) is 17.8 Å². The predicted molar refractivity (Wildman–Crippen MR) is 261 cm³/mol. The maximum atomic E-state index is 14.7. The van der Waals surface area contributed by atoms with E-state index in [9.17, 15) is 55.0 Å². The first-order valence-electron chi connectivity index (χ1n) is 25.4. The molecule has 3 aliphatic heterocycles. The Kier molecular flexibility index (Phi) is 20.5. The van der Waals surface area contributed by atoms with Crippen LogP contribution in [0.15, 0.2) is 24.4 Å². The molecular weight excluding hydrogens is 960 g/mol. The van der Waals surface area contributed by atoms with Crippen molar-refractivity contribution in [3.8, 4) is 0 Å². The summed E-state index contributed by atoms with van der Waals surface area (Å²) in [4.78, 5) is 28.6. The largest absolute Gasteiger partial charge is 0.459 e. The van der Waals surface area contributed by atoms with E-state index in [4.69, 9.17) is 28.4 Å². The Morgan fingerprint density at radius 3 is 2.32 bits per heavy atom. The van der Waals surface area contributed by atoms with Gasteiger partial charge in [-0.25, -0.2) is 4.68 Å². The molecule has 20 atom stereocenters. The zero-order chi connectivity index (χ0) is 54.7. The number of hydrogen-bond acceptors (Lipinski definition) is 20. The van der Waals surface area contributed by atoms with Gasteiger partial charge in [-0.3, -0.25) is 14.9 Å². The topological polar surface area (TPSA) is 294 Å². The Hall–Kier alpha value is -3.40.